The van der Waals surface area contributed by atoms with Gasteiger partial charge in [-0.05, 0) is 42.2 Å². The van der Waals surface area contributed by atoms with Crippen molar-refractivity contribution in [3.63, 3.8) is 0 Å². The van der Waals surface area contributed by atoms with E-state index in [9.17, 15) is 14.4 Å². The number of halogens is 1. The number of aryl methyl sites for hydroxylation is 1. The molecule has 0 aliphatic heterocycles. The third kappa shape index (κ3) is 5.45. The van der Waals surface area contributed by atoms with Crippen LogP contribution in [0.1, 0.15) is 36.6 Å². The third-order valence-corrected chi connectivity index (χ3v) is 4.07. The summed E-state index contributed by atoms with van der Waals surface area (Å²) >= 11 is 0. The zero-order valence-corrected chi connectivity index (χ0v) is 14.9. The average Bonchev–Trinajstić information content (AvgIpc) is 2.66. The molecule has 0 saturated heterocycles. The van der Waals surface area contributed by atoms with Gasteiger partial charge in [0.05, 0.1) is 6.04 Å². The van der Waals surface area contributed by atoms with E-state index in [2.05, 4.69) is 17.6 Å². The molecule has 1 atom stereocenters. The summed E-state index contributed by atoms with van der Waals surface area (Å²) in [4.78, 5) is 12.3. The largest absolute Gasteiger partial charge is 0.386 e. The number of nitrogens with one attached hydrogen (secondary N) is 2. The van der Waals surface area contributed by atoms with Gasteiger partial charge >= 0.3 is 0 Å². The van der Waals surface area contributed by atoms with Crippen LogP contribution in [0, 0.1) is 17.1 Å². The number of carbonyl (C=O) groups is 1. The highest BCUT2D eigenvalue weighted by Crippen LogP contribution is 2.14. The lowest BCUT2D eigenvalue weighted by Gasteiger charge is -2.14. The van der Waals surface area contributed by atoms with Crippen molar-refractivity contribution in [3.8, 4) is 6.07 Å². The molecule has 0 aliphatic carbocycles. The number of carbonyl (C=O) groups excluding carboxylic acids is 1. The predicted molar refractivity (Wildman–Crippen MR) is 99.3 cm³/mol. The van der Waals surface area contributed by atoms with Crippen LogP contribution in [0.2, 0.25) is 0 Å². The number of nitrogens with zero attached hydrogens (tertiary/aromatic N) is 1. The van der Waals surface area contributed by atoms with Gasteiger partial charge in [0, 0.05) is 12.7 Å². The van der Waals surface area contributed by atoms with E-state index >= 15 is 0 Å². The monoisotopic (exact) mass is 351 g/mol. The zero-order valence-electron chi connectivity index (χ0n) is 14.9. The van der Waals surface area contributed by atoms with E-state index < -0.39 is 5.91 Å². The summed E-state index contributed by atoms with van der Waals surface area (Å²) < 4.78 is 12.9. The Kier molecular flexibility index (Phi) is 6.92. The van der Waals surface area contributed by atoms with Crippen LogP contribution in [-0.2, 0) is 17.8 Å². The Hall–Kier alpha value is -3.13. The van der Waals surface area contributed by atoms with E-state index in [1.165, 1.54) is 23.9 Å². The number of benzene rings is 2. The molecule has 134 valence electrons. The van der Waals surface area contributed by atoms with Gasteiger partial charge in [-0.25, -0.2) is 4.39 Å². The lowest BCUT2D eigenvalue weighted by atomic mass is 10.0. The molecule has 2 aromatic carbocycles. The van der Waals surface area contributed by atoms with E-state index in [1.807, 2.05) is 37.3 Å². The molecule has 0 saturated carbocycles. The van der Waals surface area contributed by atoms with Crippen molar-refractivity contribution in [1.29, 1.82) is 5.26 Å². The Bertz CT molecular complexity index is 805. The number of rotatable bonds is 7. The van der Waals surface area contributed by atoms with Crippen molar-refractivity contribution in [2.45, 2.75) is 32.9 Å². The molecule has 2 N–H and O–H groups in total. The van der Waals surface area contributed by atoms with E-state index in [-0.39, 0.29) is 17.4 Å². The Balaban J connectivity index is 1.94. The highest BCUT2D eigenvalue weighted by molar-refractivity contribution is 5.97. The van der Waals surface area contributed by atoms with Gasteiger partial charge in [-0.15, -0.1) is 0 Å². The van der Waals surface area contributed by atoms with Gasteiger partial charge < -0.3 is 10.6 Å². The van der Waals surface area contributed by atoms with Gasteiger partial charge in [0.15, 0.2) is 0 Å². The van der Waals surface area contributed by atoms with E-state index in [4.69, 9.17) is 0 Å². The Morgan fingerprint density at radius 1 is 1.15 bits per heavy atom. The molecule has 1 unspecified atom stereocenters. The van der Waals surface area contributed by atoms with Crippen molar-refractivity contribution in [2.75, 3.05) is 0 Å². The molecule has 0 aromatic heterocycles. The second-order valence-electron chi connectivity index (χ2n) is 5.97. The third-order valence-electron chi connectivity index (χ3n) is 4.07. The first-order valence-corrected chi connectivity index (χ1v) is 8.51. The van der Waals surface area contributed by atoms with Crippen molar-refractivity contribution >= 4 is 5.91 Å². The Morgan fingerprint density at radius 3 is 2.35 bits per heavy atom. The molecule has 0 bridgehead atoms. The maximum atomic E-state index is 12.9. The molecule has 0 heterocycles. The van der Waals surface area contributed by atoms with Gasteiger partial charge in [0.25, 0.3) is 5.91 Å². The molecule has 0 spiro atoms. The fraction of sp³-hybridized carbons (Fsp3) is 0.238. The molecule has 4 nitrogen and oxygen atoms in total. The summed E-state index contributed by atoms with van der Waals surface area (Å²) in [5, 5.41) is 14.9. The maximum Gasteiger partial charge on any atom is 0.263 e. The smallest absolute Gasteiger partial charge is 0.263 e. The zero-order chi connectivity index (χ0) is 18.9. The van der Waals surface area contributed by atoms with Crippen molar-refractivity contribution < 1.29 is 9.18 Å². The molecule has 0 radical (unpaired) electrons. The average molecular weight is 351 g/mol. The molecule has 2 aromatic rings. The van der Waals surface area contributed by atoms with Gasteiger partial charge in [0.1, 0.15) is 17.5 Å². The number of nitriles is 1. The molecule has 26 heavy (non-hydrogen) atoms. The quantitative estimate of drug-likeness (QED) is 0.590. The molecular formula is C21H22FN3O. The van der Waals surface area contributed by atoms with Crippen LogP contribution in [0.15, 0.2) is 60.3 Å². The van der Waals surface area contributed by atoms with Crippen LogP contribution in [-0.4, -0.2) is 5.91 Å². The van der Waals surface area contributed by atoms with Crippen molar-refractivity contribution in [3.05, 3.63) is 82.8 Å². The number of hydrogen-bond acceptors (Lipinski definition) is 3. The minimum Gasteiger partial charge on any atom is -0.386 e. The van der Waals surface area contributed by atoms with Crippen molar-refractivity contribution in [1.82, 2.24) is 10.6 Å². The molecule has 5 heteroatoms. The predicted octanol–water partition coefficient (Wildman–Crippen LogP) is 3.76. The number of amides is 1. The summed E-state index contributed by atoms with van der Waals surface area (Å²) in [6, 6.07) is 15.7. The van der Waals surface area contributed by atoms with Crippen LogP contribution in [0.25, 0.3) is 0 Å². The normalized spacial score (nSPS) is 12.2. The summed E-state index contributed by atoms with van der Waals surface area (Å²) in [7, 11) is 0. The molecule has 0 aliphatic rings. The lowest BCUT2D eigenvalue weighted by Crippen LogP contribution is -2.28. The fourth-order valence-electron chi connectivity index (χ4n) is 2.42. The lowest BCUT2D eigenvalue weighted by molar-refractivity contribution is -0.117. The number of hydrogen-bond donors (Lipinski definition) is 2. The first-order chi connectivity index (χ1) is 12.5. The topological polar surface area (TPSA) is 64.9 Å². The van der Waals surface area contributed by atoms with Crippen LogP contribution in [0.5, 0.6) is 0 Å². The van der Waals surface area contributed by atoms with Crippen LogP contribution >= 0.6 is 0 Å². The van der Waals surface area contributed by atoms with E-state index in [0.29, 0.717) is 6.54 Å². The summed E-state index contributed by atoms with van der Waals surface area (Å²) in [6.07, 6.45) is 2.34. The summed E-state index contributed by atoms with van der Waals surface area (Å²) in [6.45, 7) is 4.36. The van der Waals surface area contributed by atoms with Gasteiger partial charge in [-0.2, -0.15) is 5.26 Å². The van der Waals surface area contributed by atoms with Gasteiger partial charge in [-0.1, -0.05) is 43.3 Å². The first kappa shape index (κ1) is 19.2. The molecule has 2 rings (SSSR count). The minimum atomic E-state index is -0.439. The SMILES string of the molecule is CCc1ccc(C(C)NC(=O)/C(C#N)=C\NCc2ccc(F)cc2)cc1. The standard InChI is InChI=1S/C21H22FN3O/c1-3-16-4-8-18(9-5-16)15(2)25-21(26)19(12-23)14-24-13-17-6-10-20(22)11-7-17/h4-11,14-15,24H,3,13H2,1-2H3,(H,25,26)/b19-14-. The highest BCUT2D eigenvalue weighted by atomic mass is 19.1. The van der Waals surface area contributed by atoms with Crippen LogP contribution in [0.4, 0.5) is 4.39 Å². The first-order valence-electron chi connectivity index (χ1n) is 8.51. The second kappa shape index (κ2) is 9.38. The van der Waals surface area contributed by atoms with E-state index in [1.54, 1.807) is 12.1 Å². The minimum absolute atomic E-state index is 0.0101. The second-order valence-corrected chi connectivity index (χ2v) is 5.97. The molecular weight excluding hydrogens is 329 g/mol. The van der Waals surface area contributed by atoms with Crippen LogP contribution < -0.4 is 10.6 Å². The Labute approximate surface area is 153 Å². The van der Waals surface area contributed by atoms with Gasteiger partial charge in [-0.3, -0.25) is 4.79 Å². The maximum absolute atomic E-state index is 12.9. The summed E-state index contributed by atoms with van der Waals surface area (Å²) in [5.74, 6) is -0.742. The highest BCUT2D eigenvalue weighted by Gasteiger charge is 2.13. The molecule has 1 amide bonds. The van der Waals surface area contributed by atoms with Gasteiger partial charge in [0.2, 0.25) is 0 Å². The Morgan fingerprint density at radius 2 is 1.77 bits per heavy atom. The van der Waals surface area contributed by atoms with Crippen molar-refractivity contribution in [2.24, 2.45) is 0 Å². The van der Waals surface area contributed by atoms with Crippen LogP contribution in [0.3, 0.4) is 0 Å². The van der Waals surface area contributed by atoms with E-state index in [0.717, 1.165) is 17.5 Å². The fourth-order valence-corrected chi connectivity index (χ4v) is 2.42. The summed E-state index contributed by atoms with van der Waals surface area (Å²) in [5.41, 5.74) is 3.05. The molecule has 0 fully saturated rings.